The Morgan fingerprint density at radius 1 is 1.15 bits per heavy atom. The molecule has 1 amide bonds. The van der Waals surface area contributed by atoms with Crippen molar-refractivity contribution in [1.82, 2.24) is 9.88 Å². The zero-order chi connectivity index (χ0) is 24.3. The van der Waals surface area contributed by atoms with Crippen molar-refractivity contribution in [3.05, 3.63) is 48.2 Å². The molecule has 3 aliphatic heterocycles. The molecule has 1 aromatic heterocycles. The zero-order valence-corrected chi connectivity index (χ0v) is 17.8. The number of likely N-dealkylation sites (tertiary alicyclic amines) is 1. The third-order valence-corrected chi connectivity index (χ3v) is 5.48. The van der Waals surface area contributed by atoms with Crippen LogP contribution in [0.1, 0.15) is 23.2 Å². The number of fused-ring (bicyclic) bond motifs is 1. The second kappa shape index (κ2) is 9.37. The number of amides is 1. The summed E-state index contributed by atoms with van der Waals surface area (Å²) in [5.41, 5.74) is 0.287. The summed E-state index contributed by atoms with van der Waals surface area (Å²) in [4.78, 5) is 27.7. The van der Waals surface area contributed by atoms with E-state index in [2.05, 4.69) is 4.98 Å². The summed E-state index contributed by atoms with van der Waals surface area (Å²) in [5.74, 6) is -0.847. The SMILES string of the molecule is O=C(O)C(F)(F)F.O=C(c1ccc2c(c1)OCO2)N1CC2(CC(Oc3ccccn3)CCO2)C1. The van der Waals surface area contributed by atoms with Gasteiger partial charge in [-0.05, 0) is 24.3 Å². The molecule has 4 heterocycles. The van der Waals surface area contributed by atoms with Gasteiger partial charge in [0.2, 0.25) is 12.7 Å². The molecule has 1 unspecified atom stereocenters. The van der Waals surface area contributed by atoms with Crippen molar-refractivity contribution >= 4 is 11.9 Å². The molecule has 34 heavy (non-hydrogen) atoms. The van der Waals surface area contributed by atoms with Crippen LogP contribution in [0.3, 0.4) is 0 Å². The molecule has 9 nitrogen and oxygen atoms in total. The Morgan fingerprint density at radius 3 is 2.56 bits per heavy atom. The van der Waals surface area contributed by atoms with Gasteiger partial charge >= 0.3 is 12.1 Å². The molecule has 0 saturated carbocycles. The van der Waals surface area contributed by atoms with E-state index in [-0.39, 0.29) is 24.4 Å². The highest BCUT2D eigenvalue weighted by Gasteiger charge is 2.50. The van der Waals surface area contributed by atoms with E-state index in [1.165, 1.54) is 0 Å². The highest BCUT2D eigenvalue weighted by atomic mass is 19.4. The number of carboxylic acid groups (broad SMARTS) is 1. The van der Waals surface area contributed by atoms with Gasteiger partial charge in [0.1, 0.15) is 11.7 Å². The Kier molecular flexibility index (Phi) is 6.51. The van der Waals surface area contributed by atoms with Crippen LogP contribution in [0.4, 0.5) is 13.2 Å². The number of halogens is 3. The van der Waals surface area contributed by atoms with Gasteiger partial charge in [0.25, 0.3) is 5.91 Å². The minimum absolute atomic E-state index is 0.0182. The lowest BCUT2D eigenvalue weighted by Gasteiger charge is -2.52. The molecule has 0 aliphatic carbocycles. The van der Waals surface area contributed by atoms with Crippen molar-refractivity contribution in [2.24, 2.45) is 0 Å². The van der Waals surface area contributed by atoms with Gasteiger partial charge in [-0.2, -0.15) is 13.2 Å². The predicted octanol–water partition coefficient (Wildman–Crippen LogP) is 2.90. The smallest absolute Gasteiger partial charge is 0.475 e. The fourth-order valence-corrected chi connectivity index (χ4v) is 3.90. The molecular formula is C22H21F3N2O7. The Bertz CT molecular complexity index is 1040. The molecule has 12 heteroatoms. The number of pyridine rings is 1. The Labute approximate surface area is 192 Å². The van der Waals surface area contributed by atoms with Gasteiger partial charge in [-0.15, -0.1) is 0 Å². The van der Waals surface area contributed by atoms with Gasteiger partial charge in [0, 0.05) is 30.7 Å². The summed E-state index contributed by atoms with van der Waals surface area (Å²) in [7, 11) is 0. The molecule has 3 aliphatic rings. The summed E-state index contributed by atoms with van der Waals surface area (Å²) in [6, 6.07) is 10.9. The van der Waals surface area contributed by atoms with Gasteiger partial charge in [-0.1, -0.05) is 6.07 Å². The highest BCUT2D eigenvalue weighted by molar-refractivity contribution is 5.95. The standard InChI is InChI=1S/C20H20N2O5.C2HF3O2/c23-19(14-4-5-16-17(9-14)25-13-24-16)22-11-20(12-22)10-15(6-8-26-20)27-18-3-1-2-7-21-18;3-2(4,5)1(6)7/h1-5,7,9,15H,6,8,10-13H2;(H,6,7). The predicted molar refractivity (Wildman–Crippen MR) is 109 cm³/mol. The molecule has 0 radical (unpaired) electrons. The van der Waals surface area contributed by atoms with Gasteiger partial charge in [0.05, 0.1) is 19.7 Å². The van der Waals surface area contributed by atoms with Gasteiger partial charge in [0.15, 0.2) is 11.5 Å². The van der Waals surface area contributed by atoms with E-state index in [0.717, 1.165) is 12.8 Å². The fourth-order valence-electron chi connectivity index (χ4n) is 3.90. The normalized spacial score (nSPS) is 20.1. The molecule has 1 atom stereocenters. The lowest BCUT2D eigenvalue weighted by atomic mass is 9.84. The number of alkyl halides is 3. The van der Waals surface area contributed by atoms with Gasteiger partial charge in [-0.3, -0.25) is 4.79 Å². The maximum atomic E-state index is 12.8. The number of rotatable bonds is 3. The summed E-state index contributed by atoms with van der Waals surface area (Å²) in [5, 5.41) is 7.12. The molecule has 1 spiro atoms. The van der Waals surface area contributed by atoms with Gasteiger partial charge < -0.3 is 29.0 Å². The number of benzene rings is 1. The maximum Gasteiger partial charge on any atom is 0.490 e. The molecule has 2 saturated heterocycles. The minimum atomic E-state index is -5.08. The first-order valence-electron chi connectivity index (χ1n) is 10.4. The van der Waals surface area contributed by atoms with Crippen LogP contribution in [0.5, 0.6) is 17.4 Å². The first-order valence-corrected chi connectivity index (χ1v) is 10.4. The van der Waals surface area contributed by atoms with Gasteiger partial charge in [-0.25, -0.2) is 9.78 Å². The highest BCUT2D eigenvalue weighted by Crippen LogP contribution is 2.38. The first kappa shape index (κ1) is 23.6. The molecule has 2 fully saturated rings. The molecule has 5 rings (SSSR count). The Balaban J connectivity index is 0.000000344. The maximum absolute atomic E-state index is 12.8. The first-order chi connectivity index (χ1) is 16.2. The number of nitrogens with zero attached hydrogens (tertiary/aromatic N) is 2. The second-order valence-electron chi connectivity index (χ2n) is 7.96. The van der Waals surface area contributed by atoms with Crippen molar-refractivity contribution in [1.29, 1.82) is 0 Å². The van der Waals surface area contributed by atoms with E-state index in [0.29, 0.717) is 42.6 Å². The summed E-state index contributed by atoms with van der Waals surface area (Å²) >= 11 is 0. The van der Waals surface area contributed by atoms with E-state index < -0.39 is 12.1 Å². The van der Waals surface area contributed by atoms with Crippen LogP contribution in [0, 0.1) is 0 Å². The van der Waals surface area contributed by atoms with Crippen molar-refractivity contribution in [3.63, 3.8) is 0 Å². The number of carbonyl (C=O) groups is 2. The van der Waals surface area contributed by atoms with E-state index in [1.54, 1.807) is 29.3 Å². The lowest BCUT2D eigenvalue weighted by Crippen LogP contribution is -2.67. The van der Waals surface area contributed by atoms with E-state index in [9.17, 15) is 18.0 Å². The summed E-state index contributed by atoms with van der Waals surface area (Å²) < 4.78 is 54.4. The third kappa shape index (κ3) is 5.33. The molecule has 182 valence electrons. The minimum Gasteiger partial charge on any atom is -0.475 e. The number of carboxylic acids is 1. The van der Waals surface area contributed by atoms with E-state index >= 15 is 0 Å². The number of ether oxygens (including phenoxy) is 4. The van der Waals surface area contributed by atoms with E-state index in [1.807, 2.05) is 18.2 Å². The average molecular weight is 482 g/mol. The van der Waals surface area contributed by atoms with Crippen LogP contribution >= 0.6 is 0 Å². The number of hydrogen-bond donors (Lipinski definition) is 1. The number of hydrogen-bond acceptors (Lipinski definition) is 7. The second-order valence-corrected chi connectivity index (χ2v) is 7.96. The van der Waals surface area contributed by atoms with Crippen LogP contribution in [-0.4, -0.2) is 71.2 Å². The lowest BCUT2D eigenvalue weighted by molar-refractivity contribution is -0.192. The van der Waals surface area contributed by atoms with Crippen LogP contribution < -0.4 is 14.2 Å². The zero-order valence-electron chi connectivity index (χ0n) is 17.8. The van der Waals surface area contributed by atoms with Crippen LogP contribution in [-0.2, 0) is 9.53 Å². The quantitative estimate of drug-likeness (QED) is 0.712. The average Bonchev–Trinajstić information content (AvgIpc) is 3.25. The van der Waals surface area contributed by atoms with Crippen molar-refractivity contribution in [2.75, 3.05) is 26.5 Å². The Morgan fingerprint density at radius 2 is 1.88 bits per heavy atom. The Hall–Kier alpha value is -3.54. The largest absolute Gasteiger partial charge is 0.490 e. The van der Waals surface area contributed by atoms with Crippen molar-refractivity contribution in [3.8, 4) is 17.4 Å². The topological polar surface area (TPSA) is 107 Å². The molecule has 1 aromatic carbocycles. The molecule has 0 bridgehead atoms. The molecule has 1 N–H and O–H groups in total. The summed E-state index contributed by atoms with van der Waals surface area (Å²) in [6.07, 6.45) is -1.72. The molecule has 2 aromatic rings. The van der Waals surface area contributed by atoms with Crippen LogP contribution in [0.15, 0.2) is 42.6 Å². The van der Waals surface area contributed by atoms with Crippen molar-refractivity contribution < 1.29 is 46.8 Å². The van der Waals surface area contributed by atoms with Crippen LogP contribution in [0.2, 0.25) is 0 Å². The van der Waals surface area contributed by atoms with E-state index in [4.69, 9.17) is 28.8 Å². The summed E-state index contributed by atoms with van der Waals surface area (Å²) in [6.45, 7) is 1.97. The van der Waals surface area contributed by atoms with Crippen LogP contribution in [0.25, 0.3) is 0 Å². The monoisotopic (exact) mass is 482 g/mol. The number of aromatic nitrogens is 1. The fraction of sp³-hybridized carbons (Fsp3) is 0.409. The number of aliphatic carboxylic acids is 1. The number of carbonyl (C=O) groups excluding carboxylic acids is 1. The molecular weight excluding hydrogens is 461 g/mol. The van der Waals surface area contributed by atoms with Crippen molar-refractivity contribution in [2.45, 2.75) is 30.7 Å². The third-order valence-electron chi connectivity index (χ3n) is 5.48.